The number of ether oxygens (including phenoxy) is 2. The van der Waals surface area contributed by atoms with Crippen LogP contribution in [0.15, 0.2) is 30.3 Å². The van der Waals surface area contributed by atoms with Crippen LogP contribution in [0.25, 0.3) is 0 Å². The van der Waals surface area contributed by atoms with Gasteiger partial charge in [-0.3, -0.25) is 9.28 Å². The van der Waals surface area contributed by atoms with Gasteiger partial charge >= 0.3 is 11.9 Å². The summed E-state index contributed by atoms with van der Waals surface area (Å²) < 4.78 is 12.0. The zero-order chi connectivity index (χ0) is 24.7. The van der Waals surface area contributed by atoms with Crippen molar-refractivity contribution in [3.63, 3.8) is 0 Å². The van der Waals surface area contributed by atoms with Crippen molar-refractivity contribution in [2.24, 2.45) is 29.1 Å². The van der Waals surface area contributed by atoms with Crippen molar-refractivity contribution in [3.05, 3.63) is 35.9 Å². The minimum atomic E-state index is -1.61. The lowest BCUT2D eigenvalue weighted by molar-refractivity contribution is -0.907. The van der Waals surface area contributed by atoms with Gasteiger partial charge in [0.2, 0.25) is 6.73 Å². The van der Waals surface area contributed by atoms with Crippen molar-refractivity contribution in [2.45, 2.75) is 69.8 Å². The van der Waals surface area contributed by atoms with E-state index in [2.05, 4.69) is 0 Å². The molecule has 1 atom stereocenters. The first-order chi connectivity index (χ1) is 16.7. The first-order valence-electron chi connectivity index (χ1n) is 13.6. The Morgan fingerprint density at radius 3 is 2.11 bits per heavy atom. The molecule has 0 amide bonds. The highest BCUT2D eigenvalue weighted by atomic mass is 16.6. The summed E-state index contributed by atoms with van der Waals surface area (Å²) in [7, 11) is 3.97. The van der Waals surface area contributed by atoms with Crippen LogP contribution in [0.5, 0.6) is 0 Å². The molecule has 5 aliphatic rings. The topological polar surface area (TPSA) is 72.8 Å². The molecule has 6 rings (SSSR count). The van der Waals surface area contributed by atoms with Crippen molar-refractivity contribution in [3.8, 4) is 0 Å². The molecule has 1 aromatic rings. The average Bonchev–Trinajstić information content (AvgIpc) is 3.37. The number of benzene rings is 1. The molecule has 6 heteroatoms. The minimum Gasteiger partial charge on any atom is -0.457 e. The van der Waals surface area contributed by atoms with E-state index in [-0.39, 0.29) is 30.6 Å². The van der Waals surface area contributed by atoms with Crippen molar-refractivity contribution in [2.75, 3.05) is 34.0 Å². The predicted octanol–water partition coefficient (Wildman–Crippen LogP) is 4.40. The molecule has 5 fully saturated rings. The van der Waals surface area contributed by atoms with Gasteiger partial charge < -0.3 is 14.6 Å². The first kappa shape index (κ1) is 24.8. The molecule has 0 saturated heterocycles. The molecule has 0 aromatic heterocycles. The Balaban J connectivity index is 1.15. The van der Waals surface area contributed by atoms with Gasteiger partial charge in [0.25, 0.3) is 0 Å². The van der Waals surface area contributed by atoms with E-state index < -0.39 is 11.6 Å². The number of carbonyl (C=O) groups excluding carboxylic acids is 2. The van der Waals surface area contributed by atoms with Gasteiger partial charge in [-0.15, -0.1) is 0 Å². The second kappa shape index (κ2) is 9.51. The van der Waals surface area contributed by atoms with Crippen molar-refractivity contribution >= 4 is 11.9 Å². The number of esters is 2. The van der Waals surface area contributed by atoms with Gasteiger partial charge in [-0.1, -0.05) is 43.2 Å². The van der Waals surface area contributed by atoms with Crippen LogP contribution in [0.3, 0.4) is 0 Å². The number of quaternary nitrogens is 1. The third kappa shape index (κ3) is 4.89. The summed E-state index contributed by atoms with van der Waals surface area (Å²) in [4.78, 5) is 26.4. The van der Waals surface area contributed by atoms with Crippen LogP contribution in [0.1, 0.15) is 69.8 Å². The molecule has 0 radical (unpaired) electrons. The molecule has 0 heterocycles. The highest BCUT2D eigenvalue weighted by Gasteiger charge is 2.55. The van der Waals surface area contributed by atoms with Crippen molar-refractivity contribution in [1.82, 2.24) is 0 Å². The highest BCUT2D eigenvalue weighted by molar-refractivity contribution is 5.81. The lowest BCUT2D eigenvalue weighted by Crippen LogP contribution is -2.52. The fourth-order valence-electron chi connectivity index (χ4n) is 7.86. The minimum absolute atomic E-state index is 0.0144. The predicted molar refractivity (Wildman–Crippen MR) is 132 cm³/mol. The van der Waals surface area contributed by atoms with E-state index in [0.717, 1.165) is 44.9 Å². The van der Waals surface area contributed by atoms with Crippen molar-refractivity contribution in [1.29, 1.82) is 0 Å². The summed E-state index contributed by atoms with van der Waals surface area (Å²) in [5.41, 5.74) is -1.26. The van der Waals surface area contributed by atoms with Gasteiger partial charge in [-0.25, -0.2) is 4.79 Å². The third-order valence-electron chi connectivity index (χ3n) is 9.42. The first-order valence-corrected chi connectivity index (χ1v) is 13.6. The SMILES string of the molecule is C[N+](C)(CCOC(=O)C(O)(c1ccccc1)C1CCCC1)COC(=O)C12CC3CC(CC(C3)C1)C2. The smallest absolute Gasteiger partial charge is 0.343 e. The molecule has 0 aliphatic heterocycles. The summed E-state index contributed by atoms with van der Waals surface area (Å²) in [6, 6.07) is 9.20. The van der Waals surface area contributed by atoms with E-state index in [1.165, 1.54) is 19.3 Å². The largest absolute Gasteiger partial charge is 0.457 e. The average molecular weight is 485 g/mol. The monoisotopic (exact) mass is 484 g/mol. The van der Waals surface area contributed by atoms with Gasteiger partial charge in [0.05, 0.1) is 19.5 Å². The number of likely N-dealkylation sites (N-methyl/N-ethyl adjacent to an activating group) is 1. The van der Waals surface area contributed by atoms with Crippen LogP contribution >= 0.6 is 0 Å². The Kier molecular flexibility index (Phi) is 6.73. The maximum Gasteiger partial charge on any atom is 0.343 e. The molecule has 5 aliphatic carbocycles. The zero-order valence-corrected chi connectivity index (χ0v) is 21.4. The van der Waals surface area contributed by atoms with Gasteiger partial charge in [0.15, 0.2) is 5.60 Å². The van der Waals surface area contributed by atoms with Crippen molar-refractivity contribution < 1.29 is 28.7 Å². The summed E-state index contributed by atoms with van der Waals surface area (Å²) in [5.74, 6) is 1.42. The summed E-state index contributed by atoms with van der Waals surface area (Å²) in [6.45, 7) is 0.946. The van der Waals surface area contributed by atoms with Crippen LogP contribution in [0.4, 0.5) is 0 Å². The zero-order valence-electron chi connectivity index (χ0n) is 21.4. The molecule has 4 bridgehead atoms. The quantitative estimate of drug-likeness (QED) is 0.320. The molecule has 6 nitrogen and oxygen atoms in total. The summed E-state index contributed by atoms with van der Waals surface area (Å²) >= 11 is 0. The maximum absolute atomic E-state index is 13.2. The Hall–Kier alpha value is -1.92. The number of carbonyl (C=O) groups is 2. The van der Waals surface area contributed by atoms with E-state index in [0.29, 0.717) is 34.3 Å². The van der Waals surface area contributed by atoms with Crippen LogP contribution in [0, 0.1) is 29.1 Å². The van der Waals surface area contributed by atoms with E-state index in [4.69, 9.17) is 9.47 Å². The number of hydrogen-bond acceptors (Lipinski definition) is 5. The van der Waals surface area contributed by atoms with Gasteiger partial charge in [0, 0.05) is 5.92 Å². The maximum atomic E-state index is 13.2. The number of aliphatic hydroxyl groups is 1. The Morgan fingerprint density at radius 1 is 0.971 bits per heavy atom. The van der Waals surface area contributed by atoms with E-state index in [9.17, 15) is 14.7 Å². The Labute approximate surface area is 209 Å². The molecule has 1 aromatic carbocycles. The van der Waals surface area contributed by atoms with Gasteiger partial charge in [-0.2, -0.15) is 0 Å². The van der Waals surface area contributed by atoms with E-state index in [1.54, 1.807) is 0 Å². The van der Waals surface area contributed by atoms with E-state index in [1.807, 2.05) is 44.4 Å². The lowest BCUT2D eigenvalue weighted by Gasteiger charge is -2.55. The lowest BCUT2D eigenvalue weighted by atomic mass is 9.49. The molecule has 35 heavy (non-hydrogen) atoms. The molecule has 1 N–H and O–H groups in total. The molecule has 1 unspecified atom stereocenters. The Morgan fingerprint density at radius 2 is 1.54 bits per heavy atom. The standard InChI is InChI=1S/C29H42NO5/c1-30(2,20-35-26(31)28-17-21-14-22(18-28)16-23(15-21)19-28)12-13-34-27(32)29(33,25-10-6-7-11-25)24-8-4-3-5-9-24/h3-5,8-9,21-23,25,33H,6-7,10-20H2,1-2H3/q+1. The second-order valence-electron chi connectivity index (χ2n) is 12.7. The number of hydrogen-bond donors (Lipinski definition) is 1. The molecule has 192 valence electrons. The fourth-order valence-corrected chi connectivity index (χ4v) is 7.86. The molecule has 5 saturated carbocycles. The molecular formula is C29H42NO5+. The van der Waals surface area contributed by atoms with Gasteiger partial charge in [-0.05, 0) is 74.7 Å². The van der Waals surface area contributed by atoms with Crippen LogP contribution < -0.4 is 0 Å². The normalized spacial score (nSPS) is 31.8. The second-order valence-corrected chi connectivity index (χ2v) is 12.7. The molecule has 0 spiro atoms. The van der Waals surface area contributed by atoms with Crippen LogP contribution in [-0.2, 0) is 24.7 Å². The van der Waals surface area contributed by atoms with Crippen LogP contribution in [-0.4, -0.2) is 55.5 Å². The third-order valence-corrected chi connectivity index (χ3v) is 9.42. The van der Waals surface area contributed by atoms with Crippen LogP contribution in [0.2, 0.25) is 0 Å². The number of rotatable bonds is 9. The van der Waals surface area contributed by atoms with E-state index >= 15 is 0 Å². The molecular weight excluding hydrogens is 442 g/mol. The van der Waals surface area contributed by atoms with Gasteiger partial charge in [0.1, 0.15) is 13.2 Å². The summed E-state index contributed by atoms with van der Waals surface area (Å²) in [6.07, 6.45) is 10.6. The Bertz CT molecular complexity index is 887. The number of nitrogens with zero attached hydrogens (tertiary/aromatic N) is 1. The summed E-state index contributed by atoms with van der Waals surface area (Å²) in [5, 5.41) is 11.6. The highest BCUT2D eigenvalue weighted by Crippen LogP contribution is 2.60. The fraction of sp³-hybridized carbons (Fsp3) is 0.724.